The molecular weight excluding hydrogens is 228 g/mol. The van der Waals surface area contributed by atoms with E-state index in [1.807, 2.05) is 24.3 Å². The lowest BCUT2D eigenvalue weighted by atomic mass is 9.75. The monoisotopic (exact) mass is 240 g/mol. The van der Waals surface area contributed by atoms with Crippen molar-refractivity contribution < 1.29 is 14.6 Å². The summed E-state index contributed by atoms with van der Waals surface area (Å²) in [6.45, 7) is 1.12. The molecule has 1 aromatic carbocycles. The Hall–Kier alpha value is -1.06. The lowest BCUT2D eigenvalue weighted by Crippen LogP contribution is -2.47. The van der Waals surface area contributed by atoms with Crippen molar-refractivity contribution in [2.45, 2.75) is 18.3 Å². The van der Waals surface area contributed by atoms with E-state index in [1.165, 1.54) is 0 Å². The van der Waals surface area contributed by atoms with E-state index in [0.717, 1.165) is 5.56 Å². The number of benzene rings is 1. The van der Waals surface area contributed by atoms with E-state index in [0.29, 0.717) is 24.7 Å². The molecule has 86 valence electrons. The molecule has 4 heteroatoms. The summed E-state index contributed by atoms with van der Waals surface area (Å²) in [5.74, 6) is -0.779. The highest BCUT2D eigenvalue weighted by Gasteiger charge is 2.41. The van der Waals surface area contributed by atoms with Gasteiger partial charge in [0, 0.05) is 16.9 Å². The minimum absolute atomic E-state index is 0.147. The van der Waals surface area contributed by atoms with Crippen LogP contribution >= 0.6 is 11.6 Å². The molecule has 0 unspecified atom stereocenters. The highest BCUT2D eigenvalue weighted by atomic mass is 35.5. The first-order valence-corrected chi connectivity index (χ1v) is 5.56. The fraction of sp³-hybridized carbons (Fsp3) is 0.417. The topological polar surface area (TPSA) is 46.5 Å². The van der Waals surface area contributed by atoms with Gasteiger partial charge in [-0.05, 0) is 18.1 Å². The zero-order valence-electron chi connectivity index (χ0n) is 8.78. The molecule has 2 rings (SSSR count). The molecule has 0 aliphatic carbocycles. The van der Waals surface area contributed by atoms with Gasteiger partial charge in [0.25, 0.3) is 0 Å². The van der Waals surface area contributed by atoms with E-state index in [4.69, 9.17) is 21.4 Å². The van der Waals surface area contributed by atoms with Crippen LogP contribution in [0.25, 0.3) is 0 Å². The van der Waals surface area contributed by atoms with Crippen molar-refractivity contribution in [3.63, 3.8) is 0 Å². The number of rotatable bonds is 4. The van der Waals surface area contributed by atoms with E-state index in [9.17, 15) is 4.79 Å². The van der Waals surface area contributed by atoms with Crippen molar-refractivity contribution in [3.8, 4) is 0 Å². The fourth-order valence-corrected chi connectivity index (χ4v) is 2.36. The Morgan fingerprint density at radius 1 is 1.44 bits per heavy atom. The van der Waals surface area contributed by atoms with Gasteiger partial charge >= 0.3 is 5.97 Å². The first-order chi connectivity index (χ1) is 7.64. The van der Waals surface area contributed by atoms with Crippen LogP contribution in [0.2, 0.25) is 5.02 Å². The zero-order valence-corrected chi connectivity index (χ0v) is 9.54. The number of ether oxygens (including phenoxy) is 1. The molecule has 1 aromatic rings. The van der Waals surface area contributed by atoms with E-state index < -0.39 is 5.97 Å². The highest BCUT2D eigenvalue weighted by Crippen LogP contribution is 2.40. The lowest BCUT2D eigenvalue weighted by molar-refractivity contribution is -0.139. The molecule has 1 heterocycles. The van der Waals surface area contributed by atoms with Crippen molar-refractivity contribution in [1.82, 2.24) is 0 Å². The van der Waals surface area contributed by atoms with Crippen LogP contribution in [0.1, 0.15) is 18.4 Å². The molecule has 0 bridgehead atoms. The largest absolute Gasteiger partial charge is 0.481 e. The van der Waals surface area contributed by atoms with Crippen molar-refractivity contribution in [2.75, 3.05) is 13.2 Å². The predicted molar refractivity (Wildman–Crippen MR) is 60.8 cm³/mol. The van der Waals surface area contributed by atoms with Crippen molar-refractivity contribution >= 4 is 17.6 Å². The SMILES string of the molecule is O=C(O)CCC1(c2ccccc2Cl)COC1. The molecule has 1 N–H and O–H groups in total. The zero-order chi connectivity index (χ0) is 11.6. The van der Waals surface area contributed by atoms with Crippen LogP contribution in [0.4, 0.5) is 0 Å². The summed E-state index contributed by atoms with van der Waals surface area (Å²) in [5, 5.41) is 9.43. The summed E-state index contributed by atoms with van der Waals surface area (Å²) in [7, 11) is 0. The molecule has 0 spiro atoms. The normalized spacial score (nSPS) is 17.8. The minimum Gasteiger partial charge on any atom is -0.481 e. The van der Waals surface area contributed by atoms with Gasteiger partial charge in [-0.2, -0.15) is 0 Å². The van der Waals surface area contributed by atoms with Crippen molar-refractivity contribution in [3.05, 3.63) is 34.9 Å². The van der Waals surface area contributed by atoms with Gasteiger partial charge in [0.15, 0.2) is 0 Å². The molecule has 16 heavy (non-hydrogen) atoms. The number of hydrogen-bond acceptors (Lipinski definition) is 2. The standard InChI is InChI=1S/C12H13ClO3/c13-10-4-2-1-3-9(10)12(7-16-8-12)6-5-11(14)15/h1-4H,5-8H2,(H,14,15). The number of halogens is 1. The van der Waals surface area contributed by atoms with Gasteiger partial charge in [0.05, 0.1) is 13.2 Å². The van der Waals surface area contributed by atoms with Crippen molar-refractivity contribution in [1.29, 1.82) is 0 Å². The van der Waals surface area contributed by atoms with Crippen LogP contribution in [0, 0.1) is 0 Å². The molecule has 0 amide bonds. The van der Waals surface area contributed by atoms with Gasteiger partial charge in [-0.25, -0.2) is 0 Å². The summed E-state index contributed by atoms with van der Waals surface area (Å²) < 4.78 is 5.23. The summed E-state index contributed by atoms with van der Waals surface area (Å²) in [5.41, 5.74) is 0.806. The fourth-order valence-electron chi connectivity index (χ4n) is 2.02. The van der Waals surface area contributed by atoms with E-state index in [1.54, 1.807) is 0 Å². The third-order valence-electron chi connectivity index (χ3n) is 3.02. The molecule has 0 saturated carbocycles. The summed E-state index contributed by atoms with van der Waals surface area (Å²) in [4.78, 5) is 10.6. The molecule has 1 fully saturated rings. The van der Waals surface area contributed by atoms with E-state index in [2.05, 4.69) is 0 Å². The maximum atomic E-state index is 10.6. The maximum absolute atomic E-state index is 10.6. The first kappa shape index (κ1) is 11.4. The third-order valence-corrected chi connectivity index (χ3v) is 3.35. The molecule has 3 nitrogen and oxygen atoms in total. The van der Waals surface area contributed by atoms with Gasteiger partial charge in [0.2, 0.25) is 0 Å². The number of carbonyl (C=O) groups is 1. The number of carboxylic acid groups (broad SMARTS) is 1. The predicted octanol–water partition coefficient (Wildman–Crippen LogP) is 2.47. The summed E-state index contributed by atoms with van der Waals surface area (Å²) >= 11 is 6.13. The van der Waals surface area contributed by atoms with Crippen LogP contribution < -0.4 is 0 Å². The Morgan fingerprint density at radius 2 is 2.12 bits per heavy atom. The second-order valence-corrected chi connectivity index (χ2v) is 4.55. The smallest absolute Gasteiger partial charge is 0.303 e. The Kier molecular flexibility index (Phi) is 3.17. The number of aliphatic carboxylic acids is 1. The molecule has 1 aliphatic heterocycles. The molecule has 1 aliphatic rings. The number of hydrogen-bond donors (Lipinski definition) is 1. The average molecular weight is 241 g/mol. The van der Waals surface area contributed by atoms with E-state index in [-0.39, 0.29) is 11.8 Å². The average Bonchev–Trinajstić information content (AvgIpc) is 2.18. The minimum atomic E-state index is -0.779. The second kappa shape index (κ2) is 4.44. The van der Waals surface area contributed by atoms with E-state index >= 15 is 0 Å². The van der Waals surface area contributed by atoms with Gasteiger partial charge in [-0.15, -0.1) is 0 Å². The highest BCUT2D eigenvalue weighted by molar-refractivity contribution is 6.31. The van der Waals surface area contributed by atoms with Crippen LogP contribution in [0.5, 0.6) is 0 Å². The Balaban J connectivity index is 2.21. The van der Waals surface area contributed by atoms with Crippen LogP contribution in [-0.4, -0.2) is 24.3 Å². The van der Waals surface area contributed by atoms with Gasteiger partial charge in [0.1, 0.15) is 0 Å². The molecule has 0 radical (unpaired) electrons. The Morgan fingerprint density at radius 3 is 2.62 bits per heavy atom. The first-order valence-electron chi connectivity index (χ1n) is 5.19. The Bertz CT molecular complexity index is 399. The van der Waals surface area contributed by atoms with Crippen LogP contribution in [0.15, 0.2) is 24.3 Å². The van der Waals surface area contributed by atoms with Crippen LogP contribution in [0.3, 0.4) is 0 Å². The summed E-state index contributed by atoms with van der Waals surface area (Å²) in [6.07, 6.45) is 0.723. The molecule has 1 saturated heterocycles. The summed E-state index contributed by atoms with van der Waals surface area (Å²) in [6, 6.07) is 7.57. The quantitative estimate of drug-likeness (QED) is 0.880. The van der Waals surface area contributed by atoms with Gasteiger partial charge in [-0.3, -0.25) is 4.79 Å². The molecule has 0 atom stereocenters. The maximum Gasteiger partial charge on any atom is 0.303 e. The van der Waals surface area contributed by atoms with Crippen molar-refractivity contribution in [2.24, 2.45) is 0 Å². The molecule has 0 aromatic heterocycles. The lowest BCUT2D eigenvalue weighted by Gasteiger charge is -2.42. The number of carboxylic acids is 1. The third kappa shape index (κ3) is 2.06. The van der Waals surface area contributed by atoms with Gasteiger partial charge in [-0.1, -0.05) is 29.8 Å². The van der Waals surface area contributed by atoms with Crippen LogP contribution in [-0.2, 0) is 14.9 Å². The second-order valence-electron chi connectivity index (χ2n) is 4.15. The Labute approximate surface area is 99.0 Å². The van der Waals surface area contributed by atoms with Gasteiger partial charge < -0.3 is 9.84 Å². The molecular formula is C12H13ClO3.